The first-order valence-electron chi connectivity index (χ1n) is 10.3. The van der Waals surface area contributed by atoms with Gasteiger partial charge >= 0.3 is 0 Å². The zero-order chi connectivity index (χ0) is 20.8. The van der Waals surface area contributed by atoms with Crippen molar-refractivity contribution in [3.8, 4) is 0 Å². The fourth-order valence-electron chi connectivity index (χ4n) is 3.70. The van der Waals surface area contributed by atoms with E-state index in [1.807, 2.05) is 31.3 Å². The maximum absolute atomic E-state index is 13.0. The SMILES string of the molecule is Cc1ccc(CC(=O)Cc2ncc(SCCN(C)C)s2)c(C(=O)C2CCCC2)c1. The Labute approximate surface area is 182 Å². The Morgan fingerprint density at radius 1 is 1.21 bits per heavy atom. The molecule has 0 spiro atoms. The summed E-state index contributed by atoms with van der Waals surface area (Å²) in [6, 6.07) is 5.92. The van der Waals surface area contributed by atoms with Crippen molar-refractivity contribution < 1.29 is 9.59 Å². The Bertz CT molecular complexity index is 854. The molecule has 1 saturated carbocycles. The molecular weight excluding hydrogens is 400 g/mol. The largest absolute Gasteiger partial charge is 0.309 e. The molecule has 1 fully saturated rings. The molecule has 0 aliphatic heterocycles. The molecule has 6 heteroatoms. The van der Waals surface area contributed by atoms with Gasteiger partial charge in [-0.3, -0.25) is 9.59 Å². The van der Waals surface area contributed by atoms with Crippen molar-refractivity contribution in [3.05, 3.63) is 46.1 Å². The van der Waals surface area contributed by atoms with Gasteiger partial charge in [0, 0.05) is 30.2 Å². The smallest absolute Gasteiger partial charge is 0.166 e. The zero-order valence-electron chi connectivity index (χ0n) is 17.6. The Balaban J connectivity index is 1.62. The van der Waals surface area contributed by atoms with E-state index in [9.17, 15) is 9.59 Å². The van der Waals surface area contributed by atoms with Gasteiger partial charge in [-0.25, -0.2) is 4.98 Å². The number of carbonyl (C=O) groups is 2. The number of Topliss-reactive ketones (excluding diaryl/α,β-unsaturated/α-hetero) is 2. The Hall–Kier alpha value is -1.50. The van der Waals surface area contributed by atoms with Crippen LogP contribution in [0.2, 0.25) is 0 Å². The number of aromatic nitrogens is 1. The van der Waals surface area contributed by atoms with Crippen LogP contribution in [-0.4, -0.2) is 47.8 Å². The molecule has 3 rings (SSSR count). The molecule has 156 valence electrons. The van der Waals surface area contributed by atoms with E-state index in [2.05, 4.69) is 24.0 Å². The number of thiazole rings is 1. The van der Waals surface area contributed by atoms with Crippen molar-refractivity contribution in [2.75, 3.05) is 26.4 Å². The quantitative estimate of drug-likeness (QED) is 0.399. The molecule has 4 nitrogen and oxygen atoms in total. The molecule has 0 atom stereocenters. The van der Waals surface area contributed by atoms with Crippen LogP contribution in [0.1, 0.15) is 52.2 Å². The number of thioether (sulfide) groups is 1. The van der Waals surface area contributed by atoms with Crippen molar-refractivity contribution in [2.45, 2.75) is 49.7 Å². The highest BCUT2D eigenvalue weighted by Crippen LogP contribution is 2.30. The van der Waals surface area contributed by atoms with Gasteiger partial charge in [0.05, 0.1) is 16.8 Å². The van der Waals surface area contributed by atoms with Crippen molar-refractivity contribution in [2.24, 2.45) is 5.92 Å². The van der Waals surface area contributed by atoms with Crippen LogP contribution in [0, 0.1) is 12.8 Å². The highest BCUT2D eigenvalue weighted by Gasteiger charge is 2.26. The predicted octanol–water partition coefficient (Wildman–Crippen LogP) is 4.83. The molecule has 1 aliphatic rings. The molecule has 2 aromatic rings. The Morgan fingerprint density at radius 2 is 1.97 bits per heavy atom. The summed E-state index contributed by atoms with van der Waals surface area (Å²) in [5.74, 6) is 1.49. The lowest BCUT2D eigenvalue weighted by molar-refractivity contribution is -0.117. The van der Waals surface area contributed by atoms with Gasteiger partial charge in [-0.05, 0) is 45.5 Å². The number of benzene rings is 1. The van der Waals surface area contributed by atoms with Gasteiger partial charge in [0.15, 0.2) is 5.78 Å². The molecule has 0 radical (unpaired) electrons. The van der Waals surface area contributed by atoms with Crippen LogP contribution in [0.5, 0.6) is 0 Å². The minimum atomic E-state index is 0.119. The second kappa shape index (κ2) is 10.5. The number of ketones is 2. The van der Waals surface area contributed by atoms with E-state index in [1.165, 1.54) is 0 Å². The molecule has 1 heterocycles. The molecule has 0 N–H and O–H groups in total. The fourth-order valence-corrected chi connectivity index (χ4v) is 5.93. The zero-order valence-corrected chi connectivity index (χ0v) is 19.2. The first-order valence-corrected chi connectivity index (χ1v) is 12.1. The molecular formula is C23H30N2O2S2. The monoisotopic (exact) mass is 430 g/mol. The van der Waals surface area contributed by atoms with Crippen LogP contribution in [0.25, 0.3) is 0 Å². The minimum absolute atomic E-state index is 0.119. The van der Waals surface area contributed by atoms with E-state index >= 15 is 0 Å². The summed E-state index contributed by atoms with van der Waals surface area (Å²) < 4.78 is 1.15. The third-order valence-electron chi connectivity index (χ3n) is 5.31. The summed E-state index contributed by atoms with van der Waals surface area (Å²) in [4.78, 5) is 32.3. The first-order chi connectivity index (χ1) is 13.9. The van der Waals surface area contributed by atoms with Gasteiger partial charge in [0.1, 0.15) is 10.8 Å². The third kappa shape index (κ3) is 6.49. The summed E-state index contributed by atoms with van der Waals surface area (Å²) in [6.07, 6.45) is 6.74. The maximum Gasteiger partial charge on any atom is 0.166 e. The van der Waals surface area contributed by atoms with E-state index in [4.69, 9.17) is 0 Å². The first kappa shape index (κ1) is 22.2. The van der Waals surface area contributed by atoms with Gasteiger partial charge in [-0.2, -0.15) is 0 Å². The number of nitrogens with zero attached hydrogens (tertiary/aromatic N) is 2. The van der Waals surface area contributed by atoms with Crippen molar-refractivity contribution in [3.63, 3.8) is 0 Å². The summed E-state index contributed by atoms with van der Waals surface area (Å²) >= 11 is 3.38. The fraction of sp³-hybridized carbons (Fsp3) is 0.522. The standard InChI is InChI=1S/C23H30N2O2S2/c1-16-8-9-18(20(12-16)23(27)17-6-4-5-7-17)13-19(26)14-21-24-15-22(29-21)28-11-10-25(2)3/h8-9,12,15,17H,4-7,10-11,13-14H2,1-3H3. The molecule has 0 saturated heterocycles. The second-order valence-corrected chi connectivity index (χ2v) is 10.6. The minimum Gasteiger partial charge on any atom is -0.309 e. The predicted molar refractivity (Wildman–Crippen MR) is 121 cm³/mol. The summed E-state index contributed by atoms with van der Waals surface area (Å²) in [5, 5.41) is 0.859. The van der Waals surface area contributed by atoms with Gasteiger partial charge < -0.3 is 4.90 Å². The highest BCUT2D eigenvalue weighted by molar-refractivity contribution is 8.01. The number of aryl methyl sites for hydroxylation is 1. The van der Waals surface area contributed by atoms with Gasteiger partial charge in [-0.1, -0.05) is 30.5 Å². The van der Waals surface area contributed by atoms with Gasteiger partial charge in [0.2, 0.25) is 0 Å². The number of carbonyl (C=O) groups excluding carboxylic acids is 2. The lowest BCUT2D eigenvalue weighted by atomic mass is 9.90. The summed E-state index contributed by atoms with van der Waals surface area (Å²) in [6.45, 7) is 3.02. The number of hydrogen-bond donors (Lipinski definition) is 0. The summed E-state index contributed by atoms with van der Waals surface area (Å²) in [7, 11) is 4.13. The topological polar surface area (TPSA) is 50.3 Å². The lowest BCUT2D eigenvalue weighted by Crippen LogP contribution is -2.16. The second-order valence-electron chi connectivity index (χ2n) is 8.12. The Kier molecular flexibility index (Phi) is 8.04. The van der Waals surface area contributed by atoms with Gasteiger partial charge in [-0.15, -0.1) is 23.1 Å². The molecule has 0 bridgehead atoms. The molecule has 29 heavy (non-hydrogen) atoms. The van der Waals surface area contributed by atoms with Crippen LogP contribution in [0.15, 0.2) is 28.6 Å². The number of hydrogen-bond acceptors (Lipinski definition) is 6. The van der Waals surface area contributed by atoms with E-state index in [0.29, 0.717) is 12.8 Å². The maximum atomic E-state index is 13.0. The molecule has 0 unspecified atom stereocenters. The van der Waals surface area contributed by atoms with Crippen LogP contribution >= 0.6 is 23.1 Å². The molecule has 0 amide bonds. The Morgan fingerprint density at radius 3 is 2.69 bits per heavy atom. The van der Waals surface area contributed by atoms with Crippen LogP contribution < -0.4 is 0 Å². The molecule has 1 aromatic heterocycles. The van der Waals surface area contributed by atoms with Crippen LogP contribution in [-0.2, 0) is 17.6 Å². The van der Waals surface area contributed by atoms with Crippen LogP contribution in [0.3, 0.4) is 0 Å². The lowest BCUT2D eigenvalue weighted by Gasteiger charge is -2.13. The van der Waals surface area contributed by atoms with Gasteiger partial charge in [0.25, 0.3) is 0 Å². The molecule has 1 aromatic carbocycles. The third-order valence-corrected chi connectivity index (χ3v) is 7.48. The average Bonchev–Trinajstić information content (AvgIpc) is 3.34. The number of rotatable bonds is 10. The van der Waals surface area contributed by atoms with E-state index in [0.717, 1.165) is 63.9 Å². The van der Waals surface area contributed by atoms with E-state index in [1.54, 1.807) is 23.1 Å². The average molecular weight is 431 g/mol. The van der Waals surface area contributed by atoms with Crippen LogP contribution in [0.4, 0.5) is 0 Å². The highest BCUT2D eigenvalue weighted by atomic mass is 32.2. The van der Waals surface area contributed by atoms with Crippen molar-refractivity contribution >= 4 is 34.7 Å². The van der Waals surface area contributed by atoms with Crippen molar-refractivity contribution in [1.82, 2.24) is 9.88 Å². The van der Waals surface area contributed by atoms with E-state index < -0.39 is 0 Å². The molecule has 1 aliphatic carbocycles. The van der Waals surface area contributed by atoms with E-state index in [-0.39, 0.29) is 17.5 Å². The van der Waals surface area contributed by atoms with Crippen molar-refractivity contribution in [1.29, 1.82) is 0 Å². The normalized spacial score (nSPS) is 14.6. The summed E-state index contributed by atoms with van der Waals surface area (Å²) in [5.41, 5.74) is 2.70.